The third-order valence-electron chi connectivity index (χ3n) is 2.80. The van der Waals surface area contributed by atoms with Crippen LogP contribution in [0.25, 0.3) is 33.3 Å². The van der Waals surface area contributed by atoms with Crippen molar-refractivity contribution in [3.05, 3.63) is 42.0 Å². The van der Waals surface area contributed by atoms with Gasteiger partial charge in [-0.2, -0.15) is 5.10 Å². The number of benzene rings is 1. The Morgan fingerprint density at radius 2 is 2.10 bits per heavy atom. The number of hydrogen-bond donors (Lipinski definition) is 1. The first kappa shape index (κ1) is 13.0. The maximum Gasteiger partial charge on any atom is 0.184 e. The molecule has 0 aliphatic carbocycles. The number of para-hydroxylation sites is 1. The van der Waals surface area contributed by atoms with Crippen molar-refractivity contribution in [3.8, 4) is 22.3 Å². The van der Waals surface area contributed by atoms with E-state index in [-0.39, 0.29) is 17.0 Å². The van der Waals surface area contributed by atoms with Gasteiger partial charge in [0.05, 0.1) is 0 Å². The molecule has 3 aromatic heterocycles. The van der Waals surface area contributed by atoms with Crippen molar-refractivity contribution in [2.75, 3.05) is 0 Å². The highest BCUT2D eigenvalue weighted by Crippen LogP contribution is 2.30. The van der Waals surface area contributed by atoms with Crippen LogP contribution in [0.1, 0.15) is 0 Å². The molecule has 5 nitrogen and oxygen atoms in total. The number of aromatic amines is 1. The zero-order chi connectivity index (χ0) is 12.7. The van der Waals surface area contributed by atoms with Crippen molar-refractivity contribution in [3.63, 3.8) is 0 Å². The van der Waals surface area contributed by atoms with Gasteiger partial charge in [-0.15, -0.1) is 28.3 Å². The third kappa shape index (κ3) is 2.14. The first-order valence-electron chi connectivity index (χ1n) is 5.70. The fourth-order valence-electron chi connectivity index (χ4n) is 1.91. The summed E-state index contributed by atoms with van der Waals surface area (Å²) >= 11 is 1.51. The molecule has 100 valence electrons. The van der Waals surface area contributed by atoms with Crippen molar-refractivity contribution in [1.82, 2.24) is 20.2 Å². The van der Waals surface area contributed by atoms with Gasteiger partial charge in [-0.05, 0) is 12.1 Å². The topological polar surface area (TPSA) is 67.6 Å². The maximum absolute atomic E-state index is 5.78. The Morgan fingerprint density at radius 1 is 1.20 bits per heavy atom. The highest BCUT2D eigenvalue weighted by Gasteiger charge is 2.12. The van der Waals surface area contributed by atoms with Gasteiger partial charge in [0.15, 0.2) is 16.6 Å². The van der Waals surface area contributed by atoms with Gasteiger partial charge in [0.2, 0.25) is 0 Å². The second-order valence-corrected chi connectivity index (χ2v) is 4.88. The first-order valence-corrected chi connectivity index (χ1v) is 6.58. The minimum absolute atomic E-state index is 0. The van der Waals surface area contributed by atoms with Gasteiger partial charge in [-0.1, -0.05) is 18.2 Å². The van der Waals surface area contributed by atoms with Gasteiger partial charge in [-0.3, -0.25) is 5.10 Å². The SMILES string of the molecule is Br.c1ccc2oc(-c3csc(-c4ncn[nH]4)n3)cc2c1. The molecule has 7 heteroatoms. The molecule has 0 saturated heterocycles. The number of fused-ring (bicyclic) bond motifs is 1. The van der Waals surface area contributed by atoms with E-state index in [4.69, 9.17) is 4.42 Å². The molecule has 0 amide bonds. The van der Waals surface area contributed by atoms with Crippen LogP contribution in [0.4, 0.5) is 0 Å². The lowest BCUT2D eigenvalue weighted by molar-refractivity contribution is 0.629. The van der Waals surface area contributed by atoms with Crippen LogP contribution < -0.4 is 0 Å². The number of furan rings is 1. The Morgan fingerprint density at radius 3 is 2.90 bits per heavy atom. The number of nitrogens with one attached hydrogen (secondary N) is 1. The molecule has 0 aliphatic rings. The average molecular weight is 349 g/mol. The van der Waals surface area contributed by atoms with Gasteiger partial charge < -0.3 is 4.42 Å². The molecular weight excluding hydrogens is 340 g/mol. The molecule has 0 bridgehead atoms. The quantitative estimate of drug-likeness (QED) is 0.596. The van der Waals surface area contributed by atoms with Gasteiger partial charge in [-0.25, -0.2) is 9.97 Å². The number of rotatable bonds is 2. The molecule has 0 saturated carbocycles. The molecule has 0 aliphatic heterocycles. The molecule has 0 atom stereocenters. The minimum atomic E-state index is 0. The summed E-state index contributed by atoms with van der Waals surface area (Å²) < 4.78 is 5.78. The molecule has 0 unspecified atom stereocenters. The summed E-state index contributed by atoms with van der Waals surface area (Å²) in [6.45, 7) is 0. The number of halogens is 1. The Bertz CT molecular complexity index is 804. The fourth-order valence-corrected chi connectivity index (χ4v) is 2.67. The summed E-state index contributed by atoms with van der Waals surface area (Å²) in [6, 6.07) is 9.91. The molecule has 3 heterocycles. The second-order valence-electron chi connectivity index (χ2n) is 4.02. The summed E-state index contributed by atoms with van der Waals surface area (Å²) in [5.74, 6) is 1.44. The molecular formula is C13H9BrN4OS. The van der Waals surface area contributed by atoms with E-state index in [0.29, 0.717) is 5.82 Å². The lowest BCUT2D eigenvalue weighted by atomic mass is 10.2. The zero-order valence-corrected chi connectivity index (χ0v) is 12.6. The second kappa shape index (κ2) is 5.18. The van der Waals surface area contributed by atoms with Crippen LogP contribution in [0.15, 0.2) is 46.5 Å². The average Bonchev–Trinajstić information content (AvgIpc) is 3.17. The molecule has 20 heavy (non-hydrogen) atoms. The normalized spacial score (nSPS) is 10.6. The van der Waals surface area contributed by atoms with Crippen molar-refractivity contribution in [2.45, 2.75) is 0 Å². The van der Waals surface area contributed by atoms with E-state index in [9.17, 15) is 0 Å². The number of thiazole rings is 1. The molecule has 4 aromatic rings. The van der Waals surface area contributed by atoms with E-state index >= 15 is 0 Å². The Balaban J connectivity index is 0.00000121. The van der Waals surface area contributed by atoms with E-state index < -0.39 is 0 Å². The molecule has 0 radical (unpaired) electrons. The van der Waals surface area contributed by atoms with Gasteiger partial charge in [0.1, 0.15) is 17.6 Å². The van der Waals surface area contributed by atoms with E-state index in [1.165, 1.54) is 17.7 Å². The smallest absolute Gasteiger partial charge is 0.184 e. The molecule has 4 rings (SSSR count). The summed E-state index contributed by atoms with van der Waals surface area (Å²) in [7, 11) is 0. The van der Waals surface area contributed by atoms with Crippen LogP contribution >= 0.6 is 28.3 Å². The van der Waals surface area contributed by atoms with Gasteiger partial charge in [0.25, 0.3) is 0 Å². The molecule has 0 spiro atoms. The highest BCUT2D eigenvalue weighted by atomic mass is 79.9. The van der Waals surface area contributed by atoms with Crippen LogP contribution in [0.2, 0.25) is 0 Å². The minimum Gasteiger partial charge on any atom is -0.454 e. The first-order chi connectivity index (χ1) is 9.40. The number of hydrogen-bond acceptors (Lipinski definition) is 5. The number of aromatic nitrogens is 4. The predicted molar refractivity (Wildman–Crippen MR) is 83.0 cm³/mol. The maximum atomic E-state index is 5.78. The van der Waals surface area contributed by atoms with Crippen LogP contribution in [-0.4, -0.2) is 20.2 Å². The summed E-state index contributed by atoms with van der Waals surface area (Å²) in [5, 5.41) is 10.5. The summed E-state index contributed by atoms with van der Waals surface area (Å²) in [5.41, 5.74) is 1.68. The van der Waals surface area contributed by atoms with E-state index in [1.807, 2.05) is 35.7 Å². The monoisotopic (exact) mass is 348 g/mol. The Hall–Kier alpha value is -1.99. The standard InChI is InChI=1S/C13H8N4OS.BrH/c1-2-4-10-8(3-1)5-11(18-10)9-6-19-13(16-9)12-14-7-15-17-12;/h1-7H,(H,14,15,17);1H. The van der Waals surface area contributed by atoms with Crippen LogP contribution in [-0.2, 0) is 0 Å². The number of nitrogens with zero attached hydrogens (tertiary/aromatic N) is 3. The molecule has 1 N–H and O–H groups in total. The third-order valence-corrected chi connectivity index (χ3v) is 3.65. The van der Waals surface area contributed by atoms with Crippen LogP contribution in [0, 0.1) is 0 Å². The zero-order valence-electron chi connectivity index (χ0n) is 10.1. The molecule has 0 fully saturated rings. The van der Waals surface area contributed by atoms with Gasteiger partial charge >= 0.3 is 0 Å². The van der Waals surface area contributed by atoms with E-state index in [0.717, 1.165) is 27.4 Å². The fraction of sp³-hybridized carbons (Fsp3) is 0. The van der Waals surface area contributed by atoms with E-state index in [1.54, 1.807) is 0 Å². The largest absolute Gasteiger partial charge is 0.454 e. The van der Waals surface area contributed by atoms with E-state index in [2.05, 4.69) is 20.2 Å². The Kier molecular flexibility index (Phi) is 3.37. The highest BCUT2D eigenvalue weighted by molar-refractivity contribution is 8.93. The predicted octanol–water partition coefficient (Wildman–Crippen LogP) is 3.92. The van der Waals surface area contributed by atoms with Crippen molar-refractivity contribution in [2.24, 2.45) is 0 Å². The van der Waals surface area contributed by atoms with Crippen molar-refractivity contribution >= 4 is 39.3 Å². The molecule has 1 aromatic carbocycles. The van der Waals surface area contributed by atoms with Gasteiger partial charge in [0, 0.05) is 10.8 Å². The summed E-state index contributed by atoms with van der Waals surface area (Å²) in [6.07, 6.45) is 1.47. The van der Waals surface area contributed by atoms with Crippen LogP contribution in [0.5, 0.6) is 0 Å². The number of H-pyrrole nitrogens is 1. The Labute approximate surface area is 128 Å². The lowest BCUT2D eigenvalue weighted by Gasteiger charge is -1.88. The van der Waals surface area contributed by atoms with Crippen LogP contribution in [0.3, 0.4) is 0 Å². The lowest BCUT2D eigenvalue weighted by Crippen LogP contribution is -1.79. The van der Waals surface area contributed by atoms with Crippen molar-refractivity contribution < 1.29 is 4.42 Å². The van der Waals surface area contributed by atoms with Crippen molar-refractivity contribution in [1.29, 1.82) is 0 Å². The summed E-state index contributed by atoms with van der Waals surface area (Å²) in [4.78, 5) is 8.60.